The number of ether oxygens (including phenoxy) is 4. The van der Waals surface area contributed by atoms with Crippen LogP contribution in [-0.2, 0) is 23.7 Å². The number of ketones is 1. The molecule has 5 fully saturated rings. The molecule has 1 N–H and O–H groups in total. The Balaban J connectivity index is 1.37. The maximum atomic E-state index is 12.4. The van der Waals surface area contributed by atoms with E-state index in [1.165, 1.54) is 5.57 Å². The van der Waals surface area contributed by atoms with Crippen molar-refractivity contribution >= 4 is 5.78 Å². The molecule has 6 aliphatic rings. The van der Waals surface area contributed by atoms with Gasteiger partial charge in [0.25, 0.3) is 0 Å². The Morgan fingerprint density at radius 1 is 1.07 bits per heavy atom. The molecule has 4 aliphatic carbocycles. The summed E-state index contributed by atoms with van der Waals surface area (Å²) in [6.07, 6.45) is 9.82. The predicted octanol–water partition coefficient (Wildman–Crippen LogP) is 4.01. The van der Waals surface area contributed by atoms with Crippen LogP contribution in [0.15, 0.2) is 23.5 Å². The fraction of sp³-hybridized carbons (Fsp3) is 0.792. The van der Waals surface area contributed by atoms with Crippen LogP contribution in [0.2, 0.25) is 0 Å². The molecule has 0 bridgehead atoms. The highest BCUT2D eigenvalue weighted by molar-refractivity contribution is 6.05. The van der Waals surface area contributed by atoms with E-state index in [9.17, 15) is 9.90 Å². The fourth-order valence-corrected chi connectivity index (χ4v) is 8.64. The largest absolute Gasteiger partial charge is 0.515 e. The lowest BCUT2D eigenvalue weighted by Gasteiger charge is -2.60. The summed E-state index contributed by atoms with van der Waals surface area (Å²) < 4.78 is 24.2. The Bertz CT molecular complexity index is 835. The van der Waals surface area contributed by atoms with E-state index < -0.39 is 11.4 Å². The summed E-state index contributed by atoms with van der Waals surface area (Å²) in [7, 11) is 0. The van der Waals surface area contributed by atoms with E-state index in [2.05, 4.69) is 13.8 Å². The average Bonchev–Trinajstić information content (AvgIpc) is 3.43. The monoisotopic (exact) mass is 416 g/mol. The molecule has 1 unspecified atom stereocenters. The summed E-state index contributed by atoms with van der Waals surface area (Å²) >= 11 is 0. The van der Waals surface area contributed by atoms with Gasteiger partial charge in [-0.3, -0.25) is 4.79 Å². The Morgan fingerprint density at radius 2 is 1.87 bits per heavy atom. The van der Waals surface area contributed by atoms with Gasteiger partial charge >= 0.3 is 0 Å². The molecule has 0 aromatic carbocycles. The van der Waals surface area contributed by atoms with Crippen molar-refractivity contribution in [3.8, 4) is 0 Å². The summed E-state index contributed by atoms with van der Waals surface area (Å²) in [4.78, 5) is 12.4. The molecular weight excluding hydrogens is 384 g/mol. The molecule has 6 rings (SSSR count). The van der Waals surface area contributed by atoms with Gasteiger partial charge in [0.05, 0.1) is 6.26 Å². The minimum absolute atomic E-state index is 0.0132. The van der Waals surface area contributed by atoms with Crippen molar-refractivity contribution < 1.29 is 28.8 Å². The molecule has 2 spiro atoms. The predicted molar refractivity (Wildman–Crippen MR) is 107 cm³/mol. The minimum Gasteiger partial charge on any atom is -0.515 e. The second kappa shape index (κ2) is 6.18. The molecule has 0 amide bonds. The molecule has 2 aliphatic heterocycles. The van der Waals surface area contributed by atoms with Gasteiger partial charge in [0.1, 0.15) is 12.2 Å². The van der Waals surface area contributed by atoms with Crippen LogP contribution >= 0.6 is 0 Å². The maximum absolute atomic E-state index is 12.4. The number of fused-ring (bicyclic) bond motifs is 7. The molecular formula is C24H32O6. The number of allylic oxidation sites excluding steroid dienone is 2. The van der Waals surface area contributed by atoms with E-state index in [0.717, 1.165) is 44.8 Å². The van der Waals surface area contributed by atoms with Crippen LogP contribution < -0.4 is 0 Å². The molecule has 6 heteroatoms. The van der Waals surface area contributed by atoms with Crippen LogP contribution in [-0.4, -0.2) is 42.5 Å². The second-order valence-corrected chi connectivity index (χ2v) is 10.8. The van der Waals surface area contributed by atoms with Crippen molar-refractivity contribution in [1.82, 2.24) is 0 Å². The van der Waals surface area contributed by atoms with Gasteiger partial charge in [-0.2, -0.15) is 0 Å². The summed E-state index contributed by atoms with van der Waals surface area (Å²) in [6.45, 7) is 5.71. The Hall–Kier alpha value is -1.21. The molecule has 0 aromatic rings. The third-order valence-electron chi connectivity index (χ3n) is 10.1. The zero-order valence-electron chi connectivity index (χ0n) is 17.9. The van der Waals surface area contributed by atoms with Crippen LogP contribution in [0, 0.1) is 28.6 Å². The van der Waals surface area contributed by atoms with Gasteiger partial charge in [-0.05, 0) is 74.2 Å². The van der Waals surface area contributed by atoms with Crippen molar-refractivity contribution in [3.63, 3.8) is 0 Å². The fourth-order valence-electron chi connectivity index (χ4n) is 8.64. The molecule has 2 heterocycles. The van der Waals surface area contributed by atoms with Crippen LogP contribution in [0.1, 0.15) is 58.8 Å². The first-order valence-corrected chi connectivity index (χ1v) is 11.5. The number of aliphatic hydroxyl groups excluding tert-OH is 1. The number of rotatable bonds is 0. The zero-order valence-corrected chi connectivity index (χ0v) is 17.9. The van der Waals surface area contributed by atoms with Crippen molar-refractivity contribution in [2.24, 2.45) is 28.6 Å². The number of carbonyl (C=O) groups is 1. The van der Waals surface area contributed by atoms with Gasteiger partial charge < -0.3 is 24.1 Å². The number of hydrogen-bond donors (Lipinski definition) is 1. The van der Waals surface area contributed by atoms with Crippen LogP contribution in [0.5, 0.6) is 0 Å². The third kappa shape index (κ3) is 2.11. The highest BCUT2D eigenvalue weighted by Crippen LogP contribution is 2.71. The standard InChI is InChI=1S/C24H32O6/c1-21-10-15(11-25)20(26)9-16(21)3-4-17-18(21)5-7-22(2)19(17)6-8-23(22)24(30-14-28-23)12-27-13-29-24/h9,11,17-19,25H,3-8,10,12-14H2,1-2H3/t17-,18+,19+,21+,22+,23-,24?/m1/s1. The van der Waals surface area contributed by atoms with E-state index in [4.69, 9.17) is 18.9 Å². The first-order valence-electron chi connectivity index (χ1n) is 11.5. The molecule has 7 atom stereocenters. The van der Waals surface area contributed by atoms with E-state index in [0.29, 0.717) is 36.4 Å². The second-order valence-electron chi connectivity index (χ2n) is 10.8. The van der Waals surface area contributed by atoms with Crippen molar-refractivity contribution in [2.45, 2.75) is 70.2 Å². The van der Waals surface area contributed by atoms with Gasteiger partial charge in [0.15, 0.2) is 19.4 Å². The van der Waals surface area contributed by atoms with E-state index >= 15 is 0 Å². The lowest BCUT2D eigenvalue weighted by Crippen LogP contribution is -2.63. The highest BCUT2D eigenvalue weighted by Gasteiger charge is 2.75. The number of carbonyl (C=O) groups excluding carboxylic acids is 1. The summed E-state index contributed by atoms with van der Waals surface area (Å²) in [5.74, 6) is 0.865. The first kappa shape index (κ1) is 19.5. The SMILES string of the molecule is C[C@]12CC(=CO)C(=O)C=C1CC[C@@H]1[C@@H]2CC[C@@]2(C)[C@H]1CC[C@@]21OCOC12COCO2. The minimum atomic E-state index is -0.767. The number of aliphatic hydroxyl groups is 1. The van der Waals surface area contributed by atoms with Crippen molar-refractivity contribution in [2.75, 3.05) is 20.2 Å². The van der Waals surface area contributed by atoms with Crippen LogP contribution in [0.3, 0.4) is 0 Å². The topological polar surface area (TPSA) is 74.2 Å². The molecule has 164 valence electrons. The summed E-state index contributed by atoms with van der Waals surface area (Å²) in [5.41, 5.74) is 1.35. The molecule has 0 aromatic heterocycles. The van der Waals surface area contributed by atoms with Crippen molar-refractivity contribution in [3.05, 3.63) is 23.5 Å². The van der Waals surface area contributed by atoms with Gasteiger partial charge in [-0.25, -0.2) is 0 Å². The van der Waals surface area contributed by atoms with Gasteiger partial charge in [-0.1, -0.05) is 19.4 Å². The van der Waals surface area contributed by atoms with E-state index in [-0.39, 0.29) is 30.2 Å². The zero-order chi connectivity index (χ0) is 20.8. The quantitative estimate of drug-likeness (QED) is 0.475. The molecule has 0 radical (unpaired) electrons. The number of hydrogen-bond acceptors (Lipinski definition) is 6. The Kier molecular flexibility index (Phi) is 4.01. The summed E-state index contributed by atoms with van der Waals surface area (Å²) in [5, 5.41) is 9.64. The van der Waals surface area contributed by atoms with Gasteiger partial charge in [0, 0.05) is 11.0 Å². The summed E-state index contributed by atoms with van der Waals surface area (Å²) in [6, 6.07) is 0. The lowest BCUT2D eigenvalue weighted by atomic mass is 9.45. The van der Waals surface area contributed by atoms with E-state index in [1.54, 1.807) is 0 Å². The normalized spacial score (nSPS) is 53.8. The average molecular weight is 417 g/mol. The van der Waals surface area contributed by atoms with Gasteiger partial charge in [-0.15, -0.1) is 0 Å². The van der Waals surface area contributed by atoms with E-state index in [1.807, 2.05) is 6.08 Å². The highest BCUT2D eigenvalue weighted by atomic mass is 16.9. The first-order chi connectivity index (χ1) is 14.4. The van der Waals surface area contributed by atoms with Crippen molar-refractivity contribution in [1.29, 1.82) is 0 Å². The van der Waals surface area contributed by atoms with Crippen LogP contribution in [0.4, 0.5) is 0 Å². The Morgan fingerprint density at radius 3 is 2.63 bits per heavy atom. The third-order valence-corrected chi connectivity index (χ3v) is 10.1. The van der Waals surface area contributed by atoms with Crippen LogP contribution in [0.25, 0.3) is 0 Å². The molecule has 6 nitrogen and oxygen atoms in total. The maximum Gasteiger partial charge on any atom is 0.226 e. The lowest BCUT2D eigenvalue weighted by molar-refractivity contribution is -0.248. The Labute approximate surface area is 177 Å². The smallest absolute Gasteiger partial charge is 0.226 e. The molecule has 30 heavy (non-hydrogen) atoms. The van der Waals surface area contributed by atoms with Gasteiger partial charge in [0.2, 0.25) is 5.79 Å². The molecule has 3 saturated carbocycles. The molecule has 2 saturated heterocycles.